The van der Waals surface area contributed by atoms with E-state index in [0.29, 0.717) is 17.9 Å². The highest BCUT2D eigenvalue weighted by atomic mass is 16.5. The van der Waals surface area contributed by atoms with Gasteiger partial charge in [0, 0.05) is 31.9 Å². The zero-order valence-electron chi connectivity index (χ0n) is 15.3. The number of ether oxygens (including phenoxy) is 1. The summed E-state index contributed by atoms with van der Waals surface area (Å²) in [6.45, 7) is 8.81. The summed E-state index contributed by atoms with van der Waals surface area (Å²) in [5.41, 5.74) is 1.17. The van der Waals surface area contributed by atoms with Gasteiger partial charge in [-0.05, 0) is 44.2 Å². The molecular formula is C19H29N3O3. The van der Waals surface area contributed by atoms with Crippen molar-refractivity contribution in [3.8, 4) is 0 Å². The van der Waals surface area contributed by atoms with Crippen LogP contribution >= 0.6 is 0 Å². The molecule has 0 bridgehead atoms. The lowest BCUT2D eigenvalue weighted by atomic mass is 10.2. The number of nitrogens with one attached hydrogen (secondary N) is 1. The number of rotatable bonds is 7. The van der Waals surface area contributed by atoms with Crippen LogP contribution < -0.4 is 5.32 Å². The first-order valence-electron chi connectivity index (χ1n) is 9.19. The molecule has 1 heterocycles. The lowest BCUT2D eigenvalue weighted by Gasteiger charge is -2.34. The first-order chi connectivity index (χ1) is 12.1. The van der Waals surface area contributed by atoms with Gasteiger partial charge in [-0.3, -0.25) is 4.90 Å². The van der Waals surface area contributed by atoms with Crippen molar-refractivity contribution in [3.05, 3.63) is 29.8 Å². The second-order valence-electron chi connectivity index (χ2n) is 6.26. The quantitative estimate of drug-likeness (QED) is 0.608. The van der Waals surface area contributed by atoms with Gasteiger partial charge in [-0.2, -0.15) is 0 Å². The molecule has 6 heteroatoms. The maximum Gasteiger partial charge on any atom is 0.338 e. The highest BCUT2D eigenvalue weighted by Crippen LogP contribution is 2.12. The Morgan fingerprint density at radius 2 is 1.72 bits per heavy atom. The summed E-state index contributed by atoms with van der Waals surface area (Å²) < 4.78 is 4.95. The van der Waals surface area contributed by atoms with Crippen LogP contribution in [-0.2, 0) is 4.74 Å². The van der Waals surface area contributed by atoms with Crippen LogP contribution in [0.1, 0.15) is 43.5 Å². The molecule has 0 saturated carbocycles. The average molecular weight is 347 g/mol. The number of carbonyl (C=O) groups is 2. The van der Waals surface area contributed by atoms with Crippen molar-refractivity contribution in [2.75, 3.05) is 44.6 Å². The number of hydrogen-bond acceptors (Lipinski definition) is 4. The Balaban J connectivity index is 1.77. The highest BCUT2D eigenvalue weighted by Gasteiger charge is 2.20. The number of amides is 2. The van der Waals surface area contributed by atoms with Crippen molar-refractivity contribution in [1.82, 2.24) is 9.80 Å². The van der Waals surface area contributed by atoms with E-state index in [4.69, 9.17) is 4.74 Å². The summed E-state index contributed by atoms with van der Waals surface area (Å²) in [5.74, 6) is -0.348. The maximum atomic E-state index is 12.4. The van der Waals surface area contributed by atoms with Crippen LogP contribution in [0.25, 0.3) is 0 Å². The molecule has 2 rings (SSSR count). The van der Waals surface area contributed by atoms with Gasteiger partial charge in [-0.25, -0.2) is 9.59 Å². The van der Waals surface area contributed by atoms with Crippen molar-refractivity contribution in [1.29, 1.82) is 0 Å². The third-order valence-corrected chi connectivity index (χ3v) is 4.38. The third-order valence-electron chi connectivity index (χ3n) is 4.38. The molecule has 1 N–H and O–H groups in total. The lowest BCUT2D eigenvalue weighted by Crippen LogP contribution is -2.50. The summed E-state index contributed by atoms with van der Waals surface area (Å²) in [7, 11) is 0. The minimum atomic E-state index is -0.348. The van der Waals surface area contributed by atoms with E-state index in [2.05, 4.69) is 17.1 Å². The van der Waals surface area contributed by atoms with E-state index in [0.717, 1.165) is 32.7 Å². The van der Waals surface area contributed by atoms with E-state index >= 15 is 0 Å². The Morgan fingerprint density at radius 3 is 2.32 bits per heavy atom. The van der Waals surface area contributed by atoms with Crippen LogP contribution in [0.2, 0.25) is 0 Å². The first-order valence-corrected chi connectivity index (χ1v) is 9.19. The van der Waals surface area contributed by atoms with Gasteiger partial charge in [0.1, 0.15) is 0 Å². The zero-order chi connectivity index (χ0) is 18.1. The maximum absolute atomic E-state index is 12.4. The van der Waals surface area contributed by atoms with Crippen LogP contribution in [0, 0.1) is 0 Å². The summed E-state index contributed by atoms with van der Waals surface area (Å²) >= 11 is 0. The molecule has 1 aliphatic rings. The Kier molecular flexibility index (Phi) is 7.73. The predicted octanol–water partition coefficient (Wildman–Crippen LogP) is 3.20. The molecular weight excluding hydrogens is 318 g/mol. The summed E-state index contributed by atoms with van der Waals surface area (Å²) in [5, 5.41) is 2.89. The van der Waals surface area contributed by atoms with E-state index in [1.807, 2.05) is 4.90 Å². The molecule has 1 saturated heterocycles. The molecule has 1 aliphatic heterocycles. The molecule has 138 valence electrons. The number of unbranched alkanes of at least 4 members (excludes halogenated alkanes) is 2. The fraction of sp³-hybridized carbons (Fsp3) is 0.579. The van der Waals surface area contributed by atoms with Gasteiger partial charge in [0.15, 0.2) is 0 Å². The number of urea groups is 1. The van der Waals surface area contributed by atoms with Gasteiger partial charge in [0.05, 0.1) is 12.2 Å². The monoisotopic (exact) mass is 347 g/mol. The minimum Gasteiger partial charge on any atom is -0.462 e. The molecule has 6 nitrogen and oxygen atoms in total. The standard InChI is InChI=1S/C19H29N3O3/c1-3-5-6-11-21-12-14-22(15-13-21)19(24)20-17-9-7-16(8-10-17)18(23)25-4-2/h7-10H,3-6,11-15H2,1-2H3,(H,20,24). The van der Waals surface area contributed by atoms with Crippen LogP contribution in [0.4, 0.5) is 10.5 Å². The third kappa shape index (κ3) is 6.05. The van der Waals surface area contributed by atoms with Gasteiger partial charge in [0.25, 0.3) is 0 Å². The number of esters is 1. The lowest BCUT2D eigenvalue weighted by molar-refractivity contribution is 0.0526. The molecule has 0 aromatic heterocycles. The Morgan fingerprint density at radius 1 is 1.04 bits per heavy atom. The van der Waals surface area contributed by atoms with Crippen molar-refractivity contribution >= 4 is 17.7 Å². The highest BCUT2D eigenvalue weighted by molar-refractivity contribution is 5.92. The minimum absolute atomic E-state index is 0.0860. The smallest absolute Gasteiger partial charge is 0.338 e. The Bertz CT molecular complexity index is 552. The molecule has 0 atom stereocenters. The van der Waals surface area contributed by atoms with Gasteiger partial charge in [-0.1, -0.05) is 19.8 Å². The number of hydrogen-bond donors (Lipinski definition) is 1. The molecule has 0 aliphatic carbocycles. The second-order valence-corrected chi connectivity index (χ2v) is 6.26. The summed E-state index contributed by atoms with van der Waals surface area (Å²) in [6, 6.07) is 6.70. The molecule has 2 amide bonds. The number of benzene rings is 1. The summed E-state index contributed by atoms with van der Waals surface area (Å²) in [6.07, 6.45) is 3.73. The number of piperazine rings is 1. The molecule has 0 radical (unpaired) electrons. The van der Waals surface area contributed by atoms with E-state index in [9.17, 15) is 9.59 Å². The van der Waals surface area contributed by atoms with Crippen LogP contribution in [0.15, 0.2) is 24.3 Å². The van der Waals surface area contributed by atoms with E-state index in [1.54, 1.807) is 31.2 Å². The molecule has 1 fully saturated rings. The molecule has 0 spiro atoms. The van der Waals surface area contributed by atoms with Gasteiger partial charge in [0.2, 0.25) is 0 Å². The number of carbonyl (C=O) groups excluding carboxylic acids is 2. The fourth-order valence-electron chi connectivity index (χ4n) is 2.87. The van der Waals surface area contributed by atoms with E-state index < -0.39 is 0 Å². The first kappa shape index (κ1) is 19.2. The summed E-state index contributed by atoms with van der Waals surface area (Å²) in [4.78, 5) is 28.3. The molecule has 1 aromatic rings. The largest absolute Gasteiger partial charge is 0.462 e. The van der Waals surface area contributed by atoms with Crippen LogP contribution in [0.3, 0.4) is 0 Å². The normalized spacial score (nSPS) is 15.0. The number of nitrogens with zero attached hydrogens (tertiary/aromatic N) is 2. The Labute approximate surface area is 150 Å². The molecule has 1 aromatic carbocycles. The topological polar surface area (TPSA) is 61.9 Å². The average Bonchev–Trinajstić information content (AvgIpc) is 2.63. The molecule has 25 heavy (non-hydrogen) atoms. The van der Waals surface area contributed by atoms with Gasteiger partial charge < -0.3 is 15.0 Å². The SMILES string of the molecule is CCCCCN1CCN(C(=O)Nc2ccc(C(=O)OCC)cc2)CC1. The van der Waals surface area contributed by atoms with Crippen molar-refractivity contribution in [3.63, 3.8) is 0 Å². The van der Waals surface area contributed by atoms with E-state index in [1.165, 1.54) is 19.3 Å². The zero-order valence-corrected chi connectivity index (χ0v) is 15.3. The Hall–Kier alpha value is -2.08. The number of anilines is 1. The van der Waals surface area contributed by atoms with E-state index in [-0.39, 0.29) is 12.0 Å². The second kappa shape index (κ2) is 10.0. The fourth-order valence-corrected chi connectivity index (χ4v) is 2.87. The van der Waals surface area contributed by atoms with Crippen molar-refractivity contribution in [2.24, 2.45) is 0 Å². The van der Waals surface area contributed by atoms with Crippen LogP contribution in [0.5, 0.6) is 0 Å². The van der Waals surface area contributed by atoms with Crippen molar-refractivity contribution < 1.29 is 14.3 Å². The van der Waals surface area contributed by atoms with Gasteiger partial charge in [-0.15, -0.1) is 0 Å². The molecule has 0 unspecified atom stereocenters. The van der Waals surface area contributed by atoms with Gasteiger partial charge >= 0.3 is 12.0 Å². The predicted molar refractivity (Wildman–Crippen MR) is 99.0 cm³/mol. The van der Waals surface area contributed by atoms with Crippen LogP contribution in [-0.4, -0.2) is 61.1 Å². The van der Waals surface area contributed by atoms with Crippen molar-refractivity contribution in [2.45, 2.75) is 33.1 Å².